The number of hydrogen-bond acceptors (Lipinski definition) is 4. The van der Waals surface area contributed by atoms with Crippen molar-refractivity contribution in [2.75, 3.05) is 0 Å². The van der Waals surface area contributed by atoms with Gasteiger partial charge in [-0.15, -0.1) is 11.3 Å². The minimum absolute atomic E-state index is 0.0492. The summed E-state index contributed by atoms with van der Waals surface area (Å²) in [4.78, 5) is 32.4. The third-order valence-corrected chi connectivity index (χ3v) is 6.67. The molecule has 1 N–H and O–H groups in total. The van der Waals surface area contributed by atoms with Gasteiger partial charge in [-0.2, -0.15) is 0 Å². The van der Waals surface area contributed by atoms with E-state index in [0.29, 0.717) is 18.8 Å². The fourth-order valence-electron chi connectivity index (χ4n) is 4.37. The summed E-state index contributed by atoms with van der Waals surface area (Å²) in [6.07, 6.45) is 7.84. The standard InChI is InChI=1S/C21H22N4O2S/c26-20(23-15-5-1-2-6-15)18-13-24-16-7-9-28-19(16)10-17(24)21(27)25(18)12-14-4-3-8-22-11-14/h3-4,7-11,15,18H,1-2,5-6,12-13H2,(H,23,26). The maximum Gasteiger partial charge on any atom is 0.271 e. The highest BCUT2D eigenvalue weighted by Gasteiger charge is 2.38. The predicted molar refractivity (Wildman–Crippen MR) is 108 cm³/mol. The van der Waals surface area contributed by atoms with Gasteiger partial charge in [0.05, 0.1) is 16.8 Å². The van der Waals surface area contributed by atoms with Crippen LogP contribution in [0.3, 0.4) is 0 Å². The molecular weight excluding hydrogens is 372 g/mol. The second kappa shape index (κ2) is 7.05. The Labute approximate surface area is 167 Å². The highest BCUT2D eigenvalue weighted by atomic mass is 32.1. The van der Waals surface area contributed by atoms with E-state index in [1.54, 1.807) is 28.6 Å². The first-order chi connectivity index (χ1) is 13.7. The third-order valence-electron chi connectivity index (χ3n) is 5.81. The molecule has 2 amide bonds. The Morgan fingerprint density at radius 1 is 1.29 bits per heavy atom. The number of pyridine rings is 1. The zero-order valence-corrected chi connectivity index (χ0v) is 16.3. The molecule has 1 unspecified atom stereocenters. The van der Waals surface area contributed by atoms with Crippen LogP contribution in [0.15, 0.2) is 42.0 Å². The molecule has 1 aliphatic heterocycles. The molecule has 1 atom stereocenters. The highest BCUT2D eigenvalue weighted by Crippen LogP contribution is 2.31. The number of rotatable bonds is 4. The molecule has 6 nitrogen and oxygen atoms in total. The quantitative estimate of drug-likeness (QED) is 0.739. The summed E-state index contributed by atoms with van der Waals surface area (Å²) in [5.41, 5.74) is 2.63. The predicted octanol–water partition coefficient (Wildman–Crippen LogP) is 3.18. The number of carbonyl (C=O) groups excluding carboxylic acids is 2. The monoisotopic (exact) mass is 394 g/mol. The number of carbonyl (C=O) groups is 2. The van der Waals surface area contributed by atoms with E-state index >= 15 is 0 Å². The molecule has 144 valence electrons. The number of fused-ring (bicyclic) bond motifs is 3. The van der Waals surface area contributed by atoms with Crippen molar-refractivity contribution < 1.29 is 9.59 Å². The lowest BCUT2D eigenvalue weighted by Crippen LogP contribution is -2.55. The van der Waals surface area contributed by atoms with Gasteiger partial charge in [0, 0.05) is 25.0 Å². The van der Waals surface area contributed by atoms with Crippen molar-refractivity contribution in [1.82, 2.24) is 19.8 Å². The van der Waals surface area contributed by atoms with Crippen LogP contribution in [0.1, 0.15) is 41.7 Å². The molecule has 28 heavy (non-hydrogen) atoms. The van der Waals surface area contributed by atoms with E-state index in [1.807, 2.05) is 34.2 Å². The lowest BCUT2D eigenvalue weighted by Gasteiger charge is -2.36. The van der Waals surface area contributed by atoms with E-state index in [-0.39, 0.29) is 17.9 Å². The minimum Gasteiger partial charge on any atom is -0.352 e. The van der Waals surface area contributed by atoms with Gasteiger partial charge in [-0.3, -0.25) is 14.6 Å². The van der Waals surface area contributed by atoms with Crippen molar-refractivity contribution in [2.24, 2.45) is 0 Å². The number of amides is 2. The summed E-state index contributed by atoms with van der Waals surface area (Å²) >= 11 is 1.62. The average Bonchev–Trinajstić information content (AvgIpc) is 3.42. The van der Waals surface area contributed by atoms with Crippen LogP contribution in [-0.2, 0) is 17.9 Å². The molecule has 3 aromatic heterocycles. The molecule has 4 heterocycles. The van der Waals surface area contributed by atoms with Crippen LogP contribution in [0.4, 0.5) is 0 Å². The molecule has 2 aliphatic rings. The van der Waals surface area contributed by atoms with Gasteiger partial charge in [0.1, 0.15) is 11.7 Å². The lowest BCUT2D eigenvalue weighted by molar-refractivity contribution is -0.127. The van der Waals surface area contributed by atoms with E-state index in [1.165, 1.54) is 0 Å². The van der Waals surface area contributed by atoms with Crippen molar-refractivity contribution >= 4 is 33.4 Å². The molecule has 1 fully saturated rings. The van der Waals surface area contributed by atoms with E-state index in [0.717, 1.165) is 41.5 Å². The Hall–Kier alpha value is -2.67. The molecule has 3 aromatic rings. The molecule has 0 radical (unpaired) electrons. The zero-order chi connectivity index (χ0) is 19.1. The summed E-state index contributed by atoms with van der Waals surface area (Å²) in [5.74, 6) is -0.142. The van der Waals surface area contributed by atoms with Gasteiger partial charge in [-0.05, 0) is 42.0 Å². The van der Waals surface area contributed by atoms with Crippen LogP contribution in [0, 0.1) is 0 Å². The fourth-order valence-corrected chi connectivity index (χ4v) is 5.20. The molecule has 0 bridgehead atoms. The van der Waals surface area contributed by atoms with Gasteiger partial charge in [-0.25, -0.2) is 0 Å². The SMILES string of the molecule is O=C(NC1CCCC1)C1Cn2c(cc3sccc32)C(=O)N1Cc1cccnc1. The molecule has 1 aliphatic carbocycles. The first-order valence-corrected chi connectivity index (χ1v) is 10.7. The smallest absolute Gasteiger partial charge is 0.271 e. The summed E-state index contributed by atoms with van der Waals surface area (Å²) in [6.45, 7) is 0.869. The van der Waals surface area contributed by atoms with Gasteiger partial charge in [0.15, 0.2) is 0 Å². The fraction of sp³-hybridized carbons (Fsp3) is 0.381. The summed E-state index contributed by atoms with van der Waals surface area (Å²) in [6, 6.07) is 7.49. The van der Waals surface area contributed by atoms with Crippen molar-refractivity contribution in [3.8, 4) is 0 Å². The number of aromatic nitrogens is 2. The van der Waals surface area contributed by atoms with Crippen LogP contribution in [0.2, 0.25) is 0 Å². The molecule has 5 rings (SSSR count). The van der Waals surface area contributed by atoms with E-state index in [4.69, 9.17) is 0 Å². The molecular formula is C21H22N4O2S. The summed E-state index contributed by atoms with van der Waals surface area (Å²) in [5, 5.41) is 5.22. The van der Waals surface area contributed by atoms with Gasteiger partial charge >= 0.3 is 0 Å². The van der Waals surface area contributed by atoms with Gasteiger partial charge in [-0.1, -0.05) is 18.9 Å². The Morgan fingerprint density at radius 3 is 2.93 bits per heavy atom. The van der Waals surface area contributed by atoms with Crippen molar-refractivity contribution in [3.05, 3.63) is 53.3 Å². The van der Waals surface area contributed by atoms with E-state index < -0.39 is 6.04 Å². The van der Waals surface area contributed by atoms with Crippen LogP contribution >= 0.6 is 11.3 Å². The minimum atomic E-state index is -0.517. The van der Waals surface area contributed by atoms with E-state index in [2.05, 4.69) is 10.3 Å². The van der Waals surface area contributed by atoms with Gasteiger partial charge in [0.25, 0.3) is 5.91 Å². The molecule has 0 aromatic carbocycles. The second-order valence-electron chi connectivity index (χ2n) is 7.61. The van der Waals surface area contributed by atoms with Crippen LogP contribution in [0.5, 0.6) is 0 Å². The molecule has 0 spiro atoms. The van der Waals surface area contributed by atoms with E-state index in [9.17, 15) is 9.59 Å². The summed E-state index contributed by atoms with van der Waals surface area (Å²) in [7, 11) is 0. The number of nitrogens with zero attached hydrogens (tertiary/aromatic N) is 3. The molecule has 1 saturated carbocycles. The van der Waals surface area contributed by atoms with Gasteiger partial charge < -0.3 is 14.8 Å². The first-order valence-electron chi connectivity index (χ1n) is 9.77. The first kappa shape index (κ1) is 17.4. The molecule has 7 heteroatoms. The van der Waals surface area contributed by atoms with Crippen LogP contribution < -0.4 is 5.32 Å². The Bertz CT molecular complexity index is 1020. The van der Waals surface area contributed by atoms with Crippen LogP contribution in [-0.4, -0.2) is 38.3 Å². The number of hydrogen-bond donors (Lipinski definition) is 1. The molecule has 0 saturated heterocycles. The van der Waals surface area contributed by atoms with Crippen molar-refractivity contribution in [1.29, 1.82) is 0 Å². The van der Waals surface area contributed by atoms with Crippen molar-refractivity contribution in [3.63, 3.8) is 0 Å². The Morgan fingerprint density at radius 2 is 2.14 bits per heavy atom. The Kier molecular flexibility index (Phi) is 4.39. The second-order valence-corrected chi connectivity index (χ2v) is 8.56. The maximum atomic E-state index is 13.4. The normalized spacial score (nSPS) is 19.9. The van der Waals surface area contributed by atoms with Gasteiger partial charge in [0.2, 0.25) is 5.91 Å². The maximum absolute atomic E-state index is 13.4. The lowest BCUT2D eigenvalue weighted by atomic mass is 10.1. The largest absolute Gasteiger partial charge is 0.352 e. The van der Waals surface area contributed by atoms with Crippen LogP contribution in [0.25, 0.3) is 10.2 Å². The number of thiophene rings is 1. The average molecular weight is 395 g/mol. The summed E-state index contributed by atoms with van der Waals surface area (Å²) < 4.78 is 3.09. The zero-order valence-electron chi connectivity index (χ0n) is 15.5. The third kappa shape index (κ3) is 2.99. The number of nitrogens with one attached hydrogen (secondary N) is 1. The topological polar surface area (TPSA) is 67.2 Å². The van der Waals surface area contributed by atoms with Crippen molar-refractivity contribution in [2.45, 2.75) is 50.9 Å². The highest BCUT2D eigenvalue weighted by molar-refractivity contribution is 7.17. The Balaban J connectivity index is 1.49.